The number of hydrogen-bond donors (Lipinski definition) is 0. The van der Waals surface area contributed by atoms with Gasteiger partial charge in [-0.15, -0.1) is 15.3 Å². The molecule has 0 saturated carbocycles. The Labute approximate surface area is 65.7 Å². The molecule has 2 heteroatoms. The molecule has 0 bridgehead atoms. The lowest BCUT2D eigenvalue weighted by molar-refractivity contribution is 1.52. The molecular weight excluding hydrogens is 192 g/mol. The normalized spacial score (nSPS) is 10.9. The van der Waals surface area contributed by atoms with Crippen LogP contribution in [-0.2, 0) is 0 Å². The maximum Gasteiger partial charge on any atom is 0.130 e. The van der Waals surface area contributed by atoms with Crippen molar-refractivity contribution in [2.75, 3.05) is 0 Å². The number of hydrogen-bond acceptors (Lipinski definition) is 0. The lowest BCUT2D eigenvalue weighted by atomic mass is 10.2. The number of aryl methyl sites for hydroxylation is 1. The van der Waals surface area contributed by atoms with Gasteiger partial charge < -0.3 is 0 Å². The molecule has 0 unspecified atom stereocenters. The maximum absolute atomic E-state index is 3.55. The minimum atomic E-state index is -0.125. The molecule has 0 saturated heterocycles. The van der Waals surface area contributed by atoms with Crippen LogP contribution in [0.2, 0.25) is 0 Å². The van der Waals surface area contributed by atoms with Crippen molar-refractivity contribution in [3.63, 3.8) is 0 Å². The van der Waals surface area contributed by atoms with Crippen LogP contribution >= 0.6 is 15.3 Å². The Bertz CT molecular complexity index is 198. The molecule has 48 valence electrons. The van der Waals surface area contributed by atoms with Crippen LogP contribution in [0.25, 0.3) is 0 Å². The molecule has 1 aromatic carbocycles. The molecule has 0 heterocycles. The van der Waals surface area contributed by atoms with Crippen LogP contribution in [0, 0.1) is 6.92 Å². The van der Waals surface area contributed by atoms with Gasteiger partial charge in [-0.3, -0.25) is 0 Å². The summed E-state index contributed by atoms with van der Waals surface area (Å²) >= 11 is 3.55. The fourth-order valence-corrected chi connectivity index (χ4v) is 3.20. The summed E-state index contributed by atoms with van der Waals surface area (Å²) in [5, 5.41) is 1.51. The highest BCUT2D eigenvalue weighted by Gasteiger charge is 1.91. The first-order chi connectivity index (χ1) is 4.34. The van der Waals surface area contributed by atoms with Gasteiger partial charge in [0.15, 0.2) is 0 Å². The van der Waals surface area contributed by atoms with Gasteiger partial charge in [0.25, 0.3) is 0 Å². The zero-order valence-corrected chi connectivity index (χ0v) is 8.39. The molecule has 0 aromatic heterocycles. The van der Waals surface area contributed by atoms with Crippen LogP contribution in [-0.4, -0.2) is 8.14 Å². The Morgan fingerprint density at radius 2 is 2.00 bits per heavy atom. The van der Waals surface area contributed by atoms with E-state index in [0.29, 0.717) is 0 Å². The second kappa shape index (κ2) is 3.18. The average Bonchev–Trinajstić information content (AvgIpc) is 1.89. The largest absolute Gasteiger partial charge is 0.130 e. The van der Waals surface area contributed by atoms with Crippen LogP contribution in [0.1, 0.15) is 5.56 Å². The topological polar surface area (TPSA) is 0 Å². The van der Waals surface area contributed by atoms with Gasteiger partial charge in [0, 0.05) is 0 Å². The van der Waals surface area contributed by atoms with Gasteiger partial charge in [-0.25, -0.2) is 0 Å². The Balaban J connectivity index is 3.01. The van der Waals surface area contributed by atoms with Crippen LogP contribution in [0.15, 0.2) is 24.3 Å². The summed E-state index contributed by atoms with van der Waals surface area (Å²) in [4.78, 5) is 0. The first-order valence-corrected chi connectivity index (χ1v) is 7.55. The number of rotatable bonds is 1. The summed E-state index contributed by atoms with van der Waals surface area (Å²) in [5.41, 5.74) is 1.42. The first kappa shape index (κ1) is 7.03. The summed E-state index contributed by atoms with van der Waals surface area (Å²) < 4.78 is 0. The van der Waals surface area contributed by atoms with Gasteiger partial charge in [-0.05, 0) is 6.92 Å². The van der Waals surface area contributed by atoms with Gasteiger partial charge >= 0.3 is 0 Å². The highest BCUT2D eigenvalue weighted by atomic mass is 79.9. The fraction of sp³-hybridized carbons (Fsp3) is 0.143. The van der Waals surface area contributed by atoms with Crippen molar-refractivity contribution < 1.29 is 0 Å². The van der Waals surface area contributed by atoms with Crippen molar-refractivity contribution in [3.8, 4) is 0 Å². The number of halogens is 1. The summed E-state index contributed by atoms with van der Waals surface area (Å²) in [6, 6.07) is 8.52. The van der Waals surface area contributed by atoms with E-state index >= 15 is 0 Å². The third-order valence-electron chi connectivity index (χ3n) is 1.41. The molecule has 0 atom stereocenters. The molecular formula is C7H9BrSi. The quantitative estimate of drug-likeness (QED) is 0.471. The lowest BCUT2D eigenvalue weighted by Crippen LogP contribution is -2.10. The molecule has 0 radical (unpaired) electrons. The number of benzene rings is 1. The summed E-state index contributed by atoms with van der Waals surface area (Å²) in [6.45, 7) is 2.16. The standard InChI is InChI=1S/C7H9BrSi/c1-6-4-2-3-5-7(6)9-8/h2-5H,9H2,1H3. The van der Waals surface area contributed by atoms with E-state index in [1.165, 1.54) is 10.8 Å². The van der Waals surface area contributed by atoms with Crippen LogP contribution < -0.4 is 5.19 Å². The zero-order chi connectivity index (χ0) is 6.69. The molecule has 9 heavy (non-hydrogen) atoms. The summed E-state index contributed by atoms with van der Waals surface area (Å²) in [6.07, 6.45) is 0. The molecule has 0 aliphatic heterocycles. The van der Waals surface area contributed by atoms with E-state index in [4.69, 9.17) is 0 Å². The Morgan fingerprint density at radius 1 is 1.33 bits per heavy atom. The van der Waals surface area contributed by atoms with Crippen molar-refractivity contribution in [3.05, 3.63) is 29.8 Å². The average molecular weight is 201 g/mol. The van der Waals surface area contributed by atoms with E-state index in [9.17, 15) is 0 Å². The smallest absolute Gasteiger partial charge is 0.129 e. The molecule has 0 amide bonds. The first-order valence-electron chi connectivity index (χ1n) is 2.95. The van der Waals surface area contributed by atoms with Crippen LogP contribution in [0.3, 0.4) is 0 Å². The molecule has 0 spiro atoms. The maximum atomic E-state index is 3.55. The predicted octanol–water partition coefficient (Wildman–Crippen LogP) is 1.10. The van der Waals surface area contributed by atoms with Crippen molar-refractivity contribution in [2.45, 2.75) is 6.92 Å². The molecule has 1 aromatic rings. The van der Waals surface area contributed by atoms with E-state index in [1.807, 2.05) is 0 Å². The van der Waals surface area contributed by atoms with Crippen LogP contribution in [0.5, 0.6) is 0 Å². The molecule has 0 N–H and O–H groups in total. The second-order valence-corrected chi connectivity index (χ2v) is 4.77. The fourth-order valence-electron chi connectivity index (χ4n) is 0.760. The lowest BCUT2D eigenvalue weighted by Gasteiger charge is -1.97. The van der Waals surface area contributed by atoms with Gasteiger partial charge in [0.2, 0.25) is 0 Å². The molecule has 1 rings (SSSR count). The van der Waals surface area contributed by atoms with E-state index in [-0.39, 0.29) is 8.14 Å². The predicted molar refractivity (Wildman–Crippen MR) is 48.3 cm³/mol. The van der Waals surface area contributed by atoms with Gasteiger partial charge in [0.1, 0.15) is 8.14 Å². The van der Waals surface area contributed by atoms with Gasteiger partial charge in [-0.2, -0.15) is 0 Å². The zero-order valence-electron chi connectivity index (χ0n) is 5.39. The van der Waals surface area contributed by atoms with Crippen molar-refractivity contribution in [2.24, 2.45) is 0 Å². The molecule has 0 aliphatic rings. The molecule has 0 nitrogen and oxygen atoms in total. The minimum absolute atomic E-state index is 0.125. The van der Waals surface area contributed by atoms with E-state index in [1.54, 1.807) is 0 Å². The molecule has 0 fully saturated rings. The third-order valence-corrected chi connectivity index (χ3v) is 4.30. The minimum Gasteiger partial charge on any atom is -0.129 e. The summed E-state index contributed by atoms with van der Waals surface area (Å²) in [5.74, 6) is 0. The Morgan fingerprint density at radius 3 is 2.44 bits per heavy atom. The SMILES string of the molecule is Cc1ccccc1[SiH2]Br. The Hall–Kier alpha value is -0.0831. The third kappa shape index (κ3) is 1.66. The Kier molecular flexibility index (Phi) is 2.48. The summed E-state index contributed by atoms with van der Waals surface area (Å²) in [7, 11) is -0.125. The molecule has 0 aliphatic carbocycles. The van der Waals surface area contributed by atoms with Crippen molar-refractivity contribution in [1.29, 1.82) is 0 Å². The van der Waals surface area contributed by atoms with Gasteiger partial charge in [-0.1, -0.05) is 35.0 Å². The van der Waals surface area contributed by atoms with E-state index in [0.717, 1.165) is 0 Å². The van der Waals surface area contributed by atoms with E-state index in [2.05, 4.69) is 46.5 Å². The van der Waals surface area contributed by atoms with Crippen molar-refractivity contribution in [1.82, 2.24) is 0 Å². The van der Waals surface area contributed by atoms with Crippen molar-refractivity contribution >= 4 is 28.6 Å². The second-order valence-electron chi connectivity index (χ2n) is 2.06. The van der Waals surface area contributed by atoms with E-state index < -0.39 is 0 Å². The van der Waals surface area contributed by atoms with Gasteiger partial charge in [0.05, 0.1) is 0 Å². The van der Waals surface area contributed by atoms with Crippen LogP contribution in [0.4, 0.5) is 0 Å². The highest BCUT2D eigenvalue weighted by molar-refractivity contribution is 9.23. The monoisotopic (exact) mass is 200 g/mol. The highest BCUT2D eigenvalue weighted by Crippen LogP contribution is 1.92.